The van der Waals surface area contributed by atoms with Crippen LogP contribution in [0.4, 0.5) is 0 Å². The predicted octanol–water partition coefficient (Wildman–Crippen LogP) is 3.15. The second-order valence-corrected chi connectivity index (χ2v) is 5.40. The molecule has 0 aliphatic carbocycles. The Morgan fingerprint density at radius 1 is 0.926 bits per heavy atom. The van der Waals surface area contributed by atoms with Crippen LogP contribution in [-0.2, 0) is 6.61 Å². The molecule has 0 amide bonds. The largest absolute Gasteiger partial charge is 0.493 e. The minimum Gasteiger partial charge on any atom is -0.493 e. The first-order chi connectivity index (χ1) is 13.2. The number of methoxy groups -OCH3 is 3. The van der Waals surface area contributed by atoms with Crippen LogP contribution in [0.15, 0.2) is 40.9 Å². The van der Waals surface area contributed by atoms with E-state index in [1.807, 2.05) is 0 Å². The number of nitrogens with zero attached hydrogens (tertiary/aromatic N) is 2. The van der Waals surface area contributed by atoms with Crippen molar-refractivity contribution in [2.75, 3.05) is 21.3 Å². The Bertz CT molecular complexity index is 938. The molecule has 3 rings (SSSR count). The first-order valence-electron chi connectivity index (χ1n) is 7.99. The van der Waals surface area contributed by atoms with Crippen LogP contribution in [0, 0.1) is 0 Å². The van der Waals surface area contributed by atoms with Gasteiger partial charge in [0, 0.05) is 11.1 Å². The van der Waals surface area contributed by atoms with Crippen molar-refractivity contribution in [2.24, 2.45) is 0 Å². The summed E-state index contributed by atoms with van der Waals surface area (Å²) < 4.78 is 26.6. The summed E-state index contributed by atoms with van der Waals surface area (Å²) in [6.45, 7) is 0.0267. The Morgan fingerprint density at radius 3 is 2.33 bits per heavy atom. The van der Waals surface area contributed by atoms with Gasteiger partial charge in [-0.1, -0.05) is 5.16 Å². The molecule has 0 fully saturated rings. The molecule has 8 heteroatoms. The number of hydrogen-bond acceptors (Lipinski definition) is 8. The van der Waals surface area contributed by atoms with Crippen molar-refractivity contribution < 1.29 is 28.3 Å². The first-order valence-corrected chi connectivity index (χ1v) is 7.99. The Morgan fingerprint density at radius 2 is 1.63 bits per heavy atom. The molecule has 0 saturated carbocycles. The Balaban J connectivity index is 1.76. The van der Waals surface area contributed by atoms with Crippen LogP contribution in [0.25, 0.3) is 11.4 Å². The lowest BCUT2D eigenvalue weighted by Gasteiger charge is -2.09. The maximum absolute atomic E-state index is 10.9. The van der Waals surface area contributed by atoms with Gasteiger partial charge in [-0.25, -0.2) is 0 Å². The van der Waals surface area contributed by atoms with Gasteiger partial charge in [0.05, 0.1) is 21.3 Å². The summed E-state index contributed by atoms with van der Waals surface area (Å²) in [5.74, 6) is 2.75. The average Bonchev–Trinajstić information content (AvgIpc) is 3.20. The molecule has 0 N–H and O–H groups in total. The third kappa shape index (κ3) is 4.00. The van der Waals surface area contributed by atoms with Crippen molar-refractivity contribution >= 4 is 6.29 Å². The minimum atomic E-state index is 0.0267. The van der Waals surface area contributed by atoms with Gasteiger partial charge < -0.3 is 23.5 Å². The van der Waals surface area contributed by atoms with Gasteiger partial charge in [-0.3, -0.25) is 4.79 Å². The number of rotatable bonds is 8. The van der Waals surface area contributed by atoms with E-state index in [-0.39, 0.29) is 12.5 Å². The molecular formula is C19H18N2O6. The van der Waals surface area contributed by atoms with Gasteiger partial charge in [-0.2, -0.15) is 4.98 Å². The van der Waals surface area contributed by atoms with Crippen molar-refractivity contribution in [3.8, 4) is 34.4 Å². The van der Waals surface area contributed by atoms with Crippen molar-refractivity contribution in [3.05, 3.63) is 47.9 Å². The number of ether oxygens (including phenoxy) is 4. The van der Waals surface area contributed by atoms with Gasteiger partial charge in [0.1, 0.15) is 6.29 Å². The van der Waals surface area contributed by atoms with Crippen molar-refractivity contribution in [1.29, 1.82) is 0 Å². The molecule has 8 nitrogen and oxygen atoms in total. The number of benzene rings is 2. The number of hydrogen-bond donors (Lipinski definition) is 0. The fourth-order valence-corrected chi connectivity index (χ4v) is 2.42. The van der Waals surface area contributed by atoms with Gasteiger partial charge in [0.15, 0.2) is 29.6 Å². The van der Waals surface area contributed by atoms with E-state index in [0.29, 0.717) is 39.9 Å². The average molecular weight is 370 g/mol. The zero-order valence-corrected chi connectivity index (χ0v) is 15.1. The Hall–Kier alpha value is -3.55. The third-order valence-corrected chi connectivity index (χ3v) is 3.78. The molecule has 0 spiro atoms. The summed E-state index contributed by atoms with van der Waals surface area (Å²) in [5, 5.41) is 3.96. The second-order valence-electron chi connectivity index (χ2n) is 5.40. The van der Waals surface area contributed by atoms with Crippen molar-refractivity contribution in [2.45, 2.75) is 6.61 Å². The summed E-state index contributed by atoms with van der Waals surface area (Å²) in [5.41, 5.74) is 1.19. The van der Waals surface area contributed by atoms with Crippen molar-refractivity contribution in [3.63, 3.8) is 0 Å². The minimum absolute atomic E-state index is 0.0267. The molecule has 2 aromatic carbocycles. The summed E-state index contributed by atoms with van der Waals surface area (Å²) in [4.78, 5) is 15.2. The maximum Gasteiger partial charge on any atom is 0.264 e. The molecule has 0 aliphatic rings. The summed E-state index contributed by atoms with van der Waals surface area (Å²) in [7, 11) is 4.64. The van der Waals surface area contributed by atoms with E-state index in [1.54, 1.807) is 50.6 Å². The SMILES string of the molecule is COc1ccc(-c2noc(COc3cc(C=O)ccc3OC)n2)cc1OC. The van der Waals surface area contributed by atoms with Crippen LogP contribution >= 0.6 is 0 Å². The second kappa shape index (κ2) is 8.22. The quantitative estimate of drug-likeness (QED) is 0.558. The van der Waals surface area contributed by atoms with E-state index >= 15 is 0 Å². The topological polar surface area (TPSA) is 92.9 Å². The highest BCUT2D eigenvalue weighted by molar-refractivity contribution is 5.76. The summed E-state index contributed by atoms with van der Waals surface area (Å²) >= 11 is 0. The number of carbonyl (C=O) groups excluding carboxylic acids is 1. The molecule has 0 unspecified atom stereocenters. The molecule has 0 radical (unpaired) electrons. The molecule has 1 heterocycles. The fraction of sp³-hybridized carbons (Fsp3) is 0.211. The molecule has 0 atom stereocenters. The first kappa shape index (κ1) is 18.2. The van der Waals surface area contributed by atoms with E-state index in [1.165, 1.54) is 7.11 Å². The standard InChI is InChI=1S/C19H18N2O6/c1-23-14-7-5-13(9-16(14)25-3)19-20-18(27-21-19)11-26-17-8-12(10-22)4-6-15(17)24-2/h4-10H,11H2,1-3H3. The Kier molecular flexibility index (Phi) is 5.55. The smallest absolute Gasteiger partial charge is 0.264 e. The number of aldehydes is 1. The molecule has 0 saturated heterocycles. The molecular weight excluding hydrogens is 352 g/mol. The summed E-state index contributed by atoms with van der Waals surface area (Å²) in [6, 6.07) is 10.2. The van der Waals surface area contributed by atoms with E-state index in [4.69, 9.17) is 23.5 Å². The van der Waals surface area contributed by atoms with Crippen molar-refractivity contribution in [1.82, 2.24) is 10.1 Å². The fourth-order valence-electron chi connectivity index (χ4n) is 2.42. The highest BCUT2D eigenvalue weighted by atomic mass is 16.5. The van der Waals surface area contributed by atoms with Gasteiger partial charge >= 0.3 is 0 Å². The zero-order valence-electron chi connectivity index (χ0n) is 15.1. The lowest BCUT2D eigenvalue weighted by atomic mass is 10.2. The van der Waals surface area contributed by atoms with Gasteiger partial charge in [0.2, 0.25) is 5.82 Å². The van der Waals surface area contributed by atoms with Gasteiger partial charge in [0.25, 0.3) is 5.89 Å². The molecule has 1 aromatic heterocycles. The van der Waals surface area contributed by atoms with Crippen LogP contribution < -0.4 is 18.9 Å². The van der Waals surface area contributed by atoms with Crippen LogP contribution in [0.3, 0.4) is 0 Å². The van der Waals surface area contributed by atoms with Gasteiger partial charge in [-0.05, 0) is 36.4 Å². The number of aromatic nitrogens is 2. The third-order valence-electron chi connectivity index (χ3n) is 3.78. The van der Waals surface area contributed by atoms with E-state index < -0.39 is 0 Å². The molecule has 3 aromatic rings. The Labute approximate surface area is 155 Å². The van der Waals surface area contributed by atoms with E-state index in [0.717, 1.165) is 6.29 Å². The lowest BCUT2D eigenvalue weighted by Crippen LogP contribution is -1.99. The van der Waals surface area contributed by atoms with Crippen LogP contribution in [0.2, 0.25) is 0 Å². The molecule has 140 valence electrons. The normalized spacial score (nSPS) is 10.3. The monoisotopic (exact) mass is 370 g/mol. The lowest BCUT2D eigenvalue weighted by molar-refractivity contribution is 0.112. The molecule has 0 bridgehead atoms. The summed E-state index contributed by atoms with van der Waals surface area (Å²) in [6.07, 6.45) is 0.730. The van der Waals surface area contributed by atoms with Crippen LogP contribution in [-0.4, -0.2) is 37.8 Å². The zero-order chi connectivity index (χ0) is 19.2. The number of carbonyl (C=O) groups is 1. The predicted molar refractivity (Wildman–Crippen MR) is 95.6 cm³/mol. The van der Waals surface area contributed by atoms with E-state index in [9.17, 15) is 4.79 Å². The van der Waals surface area contributed by atoms with Crippen LogP contribution in [0.5, 0.6) is 23.0 Å². The highest BCUT2D eigenvalue weighted by Gasteiger charge is 2.14. The molecule has 0 aliphatic heterocycles. The highest BCUT2D eigenvalue weighted by Crippen LogP contribution is 2.31. The maximum atomic E-state index is 10.9. The van der Waals surface area contributed by atoms with Crippen LogP contribution in [0.1, 0.15) is 16.2 Å². The van der Waals surface area contributed by atoms with Gasteiger partial charge in [-0.15, -0.1) is 0 Å². The van der Waals surface area contributed by atoms with E-state index in [2.05, 4.69) is 10.1 Å². The molecule has 27 heavy (non-hydrogen) atoms.